The maximum absolute atomic E-state index is 11.5. The third-order valence-corrected chi connectivity index (χ3v) is 6.53. The molecule has 3 atom stereocenters. The third kappa shape index (κ3) is 6.58. The Morgan fingerprint density at radius 2 is 1.85 bits per heavy atom. The lowest BCUT2D eigenvalue weighted by Crippen LogP contribution is -2.47. The number of hydrogen-bond donors (Lipinski definition) is 6. The Hall–Kier alpha value is 0.610. The fourth-order valence-electron chi connectivity index (χ4n) is 2.60. The topological polar surface area (TPSA) is 127 Å². The van der Waals surface area contributed by atoms with Gasteiger partial charge in [-0.1, -0.05) is 0 Å². The zero-order valence-corrected chi connectivity index (χ0v) is 13.8. The molecule has 1 rings (SSSR count). The van der Waals surface area contributed by atoms with Crippen LogP contribution in [0.3, 0.4) is 0 Å². The molecular weight excluding hydrogens is 324 g/mol. The molecule has 10 heteroatoms. The molecule has 5 N–H and O–H groups in total. The molecule has 1 aliphatic heterocycles. The fraction of sp³-hybridized carbons (Fsp3) is 1.00. The quantitative estimate of drug-likeness (QED) is 0.297. The van der Waals surface area contributed by atoms with Gasteiger partial charge < -0.3 is 24.9 Å². The van der Waals surface area contributed by atoms with E-state index in [0.717, 1.165) is 25.0 Å². The number of hydrogen-bond acceptors (Lipinski definition) is 4. The summed E-state index contributed by atoms with van der Waals surface area (Å²) in [6.45, 7) is 0.621. The lowest BCUT2D eigenvalue weighted by Gasteiger charge is -2.35. The monoisotopic (exact) mass is 347 g/mol. The number of thiol groups is 1. The second-order valence-corrected chi connectivity index (χ2v) is 9.31. The molecule has 0 amide bonds. The van der Waals surface area contributed by atoms with E-state index in [9.17, 15) is 18.9 Å². The van der Waals surface area contributed by atoms with Crippen LogP contribution in [0.15, 0.2) is 0 Å². The molecule has 0 aliphatic carbocycles. The first-order valence-electron chi connectivity index (χ1n) is 6.57. The second kappa shape index (κ2) is 7.75. The molecule has 20 heavy (non-hydrogen) atoms. The summed E-state index contributed by atoms with van der Waals surface area (Å²) in [4.78, 5) is 36.6. The standard InChI is InChI=1S/C10H23NO6P2S/c12-18(13,14)7-10(19(15,16)17)9-4-3-8(6-11-9)2-1-5-20/h8-11,20H,1-7H2,(H2,12,13,14)(H2,15,16,17). The maximum Gasteiger partial charge on any atom is 0.330 e. The van der Waals surface area contributed by atoms with Crippen molar-refractivity contribution in [3.63, 3.8) is 0 Å². The summed E-state index contributed by atoms with van der Waals surface area (Å²) >= 11 is 4.15. The van der Waals surface area contributed by atoms with E-state index in [1.54, 1.807) is 0 Å². The first kappa shape index (κ1) is 18.7. The molecule has 0 saturated carbocycles. The van der Waals surface area contributed by atoms with Crippen molar-refractivity contribution in [2.75, 3.05) is 18.5 Å². The van der Waals surface area contributed by atoms with Crippen molar-refractivity contribution in [3.8, 4) is 0 Å². The van der Waals surface area contributed by atoms with Crippen LogP contribution in [-0.2, 0) is 9.13 Å². The Balaban J connectivity index is 2.62. The van der Waals surface area contributed by atoms with Crippen molar-refractivity contribution >= 4 is 27.8 Å². The van der Waals surface area contributed by atoms with Gasteiger partial charge in [-0.25, -0.2) is 0 Å². The highest BCUT2D eigenvalue weighted by Gasteiger charge is 2.41. The van der Waals surface area contributed by atoms with Crippen molar-refractivity contribution in [2.45, 2.75) is 37.4 Å². The van der Waals surface area contributed by atoms with Crippen LogP contribution in [0.1, 0.15) is 25.7 Å². The molecule has 0 aromatic rings. The molecule has 120 valence electrons. The number of piperidine rings is 1. The SMILES string of the molecule is O=P(O)(O)CC(C1CCC(CCCS)CN1)P(=O)(O)O. The van der Waals surface area contributed by atoms with Gasteiger partial charge in [0.15, 0.2) is 0 Å². The van der Waals surface area contributed by atoms with Gasteiger partial charge in [-0.3, -0.25) is 9.13 Å². The summed E-state index contributed by atoms with van der Waals surface area (Å²) in [6.07, 6.45) is 2.54. The van der Waals surface area contributed by atoms with Gasteiger partial charge >= 0.3 is 15.2 Å². The first-order chi connectivity index (χ1) is 9.13. The zero-order valence-electron chi connectivity index (χ0n) is 11.1. The van der Waals surface area contributed by atoms with Crippen LogP contribution in [0.2, 0.25) is 0 Å². The van der Waals surface area contributed by atoms with Crippen molar-refractivity contribution in [3.05, 3.63) is 0 Å². The molecule has 3 unspecified atom stereocenters. The van der Waals surface area contributed by atoms with E-state index < -0.39 is 33.1 Å². The molecule has 1 saturated heterocycles. The summed E-state index contributed by atoms with van der Waals surface area (Å²) in [7, 11) is -9.01. The summed E-state index contributed by atoms with van der Waals surface area (Å²) < 4.78 is 22.5. The molecule has 1 fully saturated rings. The van der Waals surface area contributed by atoms with Crippen LogP contribution in [0.4, 0.5) is 0 Å². The maximum atomic E-state index is 11.5. The molecular formula is C10H23NO6P2S. The van der Waals surface area contributed by atoms with Crippen LogP contribution in [0.5, 0.6) is 0 Å². The molecule has 7 nitrogen and oxygen atoms in total. The first-order valence-corrected chi connectivity index (χ1v) is 10.7. The van der Waals surface area contributed by atoms with E-state index >= 15 is 0 Å². The molecule has 0 bridgehead atoms. The van der Waals surface area contributed by atoms with Crippen LogP contribution < -0.4 is 5.32 Å². The van der Waals surface area contributed by atoms with E-state index in [4.69, 9.17) is 9.79 Å². The van der Waals surface area contributed by atoms with Crippen LogP contribution >= 0.6 is 27.8 Å². The lowest BCUT2D eigenvalue weighted by molar-refractivity contribution is 0.268. The average Bonchev–Trinajstić information content (AvgIpc) is 2.32. The minimum Gasteiger partial charge on any atom is -0.324 e. The highest BCUT2D eigenvalue weighted by Crippen LogP contribution is 2.51. The summed E-state index contributed by atoms with van der Waals surface area (Å²) in [5.74, 6) is 1.24. The fourth-order valence-corrected chi connectivity index (χ4v) is 5.74. The van der Waals surface area contributed by atoms with Crippen LogP contribution in [-0.4, -0.2) is 49.7 Å². The summed E-state index contributed by atoms with van der Waals surface area (Å²) in [6, 6.07) is -0.546. The Morgan fingerprint density at radius 1 is 1.20 bits per heavy atom. The zero-order chi connectivity index (χ0) is 15.4. The van der Waals surface area contributed by atoms with Gasteiger partial charge in [0, 0.05) is 6.04 Å². The van der Waals surface area contributed by atoms with Gasteiger partial charge in [0.25, 0.3) is 0 Å². The lowest BCUT2D eigenvalue weighted by atomic mass is 9.90. The van der Waals surface area contributed by atoms with Gasteiger partial charge in [-0.15, -0.1) is 0 Å². The van der Waals surface area contributed by atoms with Crippen molar-refractivity contribution < 1.29 is 28.7 Å². The van der Waals surface area contributed by atoms with Gasteiger partial charge in [-0.05, 0) is 43.9 Å². The van der Waals surface area contributed by atoms with E-state index in [1.165, 1.54) is 0 Å². The highest BCUT2D eigenvalue weighted by atomic mass is 32.1. The van der Waals surface area contributed by atoms with Crippen molar-refractivity contribution in [1.29, 1.82) is 0 Å². The van der Waals surface area contributed by atoms with Crippen molar-refractivity contribution in [2.24, 2.45) is 5.92 Å². The third-order valence-electron chi connectivity index (χ3n) is 3.65. The molecule has 1 heterocycles. The van der Waals surface area contributed by atoms with E-state index in [0.29, 0.717) is 18.9 Å². The Morgan fingerprint density at radius 3 is 2.25 bits per heavy atom. The predicted octanol–water partition coefficient (Wildman–Crippen LogP) is 0.789. The average molecular weight is 347 g/mol. The molecule has 0 aromatic heterocycles. The molecule has 1 aliphatic rings. The van der Waals surface area contributed by atoms with Crippen molar-refractivity contribution in [1.82, 2.24) is 5.32 Å². The van der Waals surface area contributed by atoms with E-state index in [1.807, 2.05) is 0 Å². The predicted molar refractivity (Wildman–Crippen MR) is 80.3 cm³/mol. The largest absolute Gasteiger partial charge is 0.330 e. The molecule has 0 radical (unpaired) electrons. The number of rotatable bonds is 7. The van der Waals surface area contributed by atoms with Gasteiger partial charge in [0.05, 0.1) is 11.8 Å². The Kier molecular flexibility index (Phi) is 7.23. The Bertz CT molecular complexity index is 389. The minimum absolute atomic E-state index is 0.436. The van der Waals surface area contributed by atoms with Crippen LogP contribution in [0.25, 0.3) is 0 Å². The van der Waals surface area contributed by atoms with Crippen LogP contribution in [0, 0.1) is 5.92 Å². The van der Waals surface area contributed by atoms with Gasteiger partial charge in [-0.2, -0.15) is 12.6 Å². The minimum atomic E-state index is -4.55. The Labute approximate surface area is 124 Å². The summed E-state index contributed by atoms with van der Waals surface area (Å²) in [5, 5.41) is 3.05. The van der Waals surface area contributed by atoms with Gasteiger partial charge in [0.1, 0.15) is 0 Å². The molecule has 0 aromatic carbocycles. The van der Waals surface area contributed by atoms with E-state index in [-0.39, 0.29) is 0 Å². The summed E-state index contributed by atoms with van der Waals surface area (Å²) in [5.41, 5.74) is -1.32. The normalized spacial score (nSPS) is 26.4. The smallest absolute Gasteiger partial charge is 0.324 e. The second-order valence-electron chi connectivity index (χ2n) is 5.33. The number of nitrogens with one attached hydrogen (secondary N) is 1. The van der Waals surface area contributed by atoms with Gasteiger partial charge in [0.2, 0.25) is 0 Å². The molecule has 0 spiro atoms. The van der Waals surface area contributed by atoms with E-state index in [2.05, 4.69) is 17.9 Å². The highest BCUT2D eigenvalue weighted by molar-refractivity contribution is 7.80.